The van der Waals surface area contributed by atoms with E-state index in [1.807, 2.05) is 61.5 Å². The third-order valence-electron chi connectivity index (χ3n) is 3.93. The Kier molecular flexibility index (Phi) is 4.79. The third-order valence-corrected chi connectivity index (χ3v) is 3.93. The maximum atomic E-state index is 12.3. The number of oxime groups is 1. The summed E-state index contributed by atoms with van der Waals surface area (Å²) in [6.45, 7) is 2.48. The zero-order chi connectivity index (χ0) is 16.9. The fourth-order valence-electron chi connectivity index (χ4n) is 2.66. The van der Waals surface area contributed by atoms with Crippen molar-refractivity contribution in [2.45, 2.75) is 19.4 Å². The number of nitrogens with zero attached hydrogens (tertiary/aromatic N) is 2. The van der Waals surface area contributed by atoms with Gasteiger partial charge in [0.2, 0.25) is 0 Å². The number of urea groups is 1. The van der Waals surface area contributed by atoms with E-state index in [1.165, 1.54) is 0 Å². The number of benzene rings is 2. The number of hydrogen-bond donors (Lipinski definition) is 1. The summed E-state index contributed by atoms with van der Waals surface area (Å²) in [4.78, 5) is 19.4. The third kappa shape index (κ3) is 3.93. The molecular weight excluding hydrogens is 302 g/mol. The second kappa shape index (κ2) is 7.17. The molecule has 1 unspecified atom stereocenters. The molecule has 1 heterocycles. The predicted octanol–water partition coefficient (Wildman–Crippen LogP) is 3.65. The van der Waals surface area contributed by atoms with Crippen LogP contribution in [0, 0.1) is 6.92 Å². The van der Waals surface area contributed by atoms with Crippen LogP contribution in [-0.2, 0) is 4.84 Å². The van der Waals surface area contributed by atoms with Gasteiger partial charge in [-0.05, 0) is 30.2 Å². The van der Waals surface area contributed by atoms with Gasteiger partial charge >= 0.3 is 6.03 Å². The Morgan fingerprint density at radius 2 is 2.04 bits per heavy atom. The predicted molar refractivity (Wildman–Crippen MR) is 95.3 cm³/mol. The summed E-state index contributed by atoms with van der Waals surface area (Å²) in [5.74, 6) is 0. The van der Waals surface area contributed by atoms with Crippen molar-refractivity contribution in [1.29, 1.82) is 0 Å². The van der Waals surface area contributed by atoms with E-state index >= 15 is 0 Å². The van der Waals surface area contributed by atoms with Crippen LogP contribution < -0.4 is 5.32 Å². The van der Waals surface area contributed by atoms with Gasteiger partial charge in [-0.3, -0.25) is 0 Å². The maximum absolute atomic E-state index is 12.3. The van der Waals surface area contributed by atoms with Gasteiger partial charge in [-0.25, -0.2) is 4.79 Å². The van der Waals surface area contributed by atoms with Gasteiger partial charge in [0.15, 0.2) is 6.10 Å². The van der Waals surface area contributed by atoms with Crippen LogP contribution in [-0.4, -0.2) is 36.3 Å². The monoisotopic (exact) mass is 323 g/mol. The lowest BCUT2D eigenvalue weighted by molar-refractivity contribution is 0.0672. The molecule has 2 aromatic rings. The van der Waals surface area contributed by atoms with Crippen LogP contribution in [0.5, 0.6) is 0 Å². The lowest BCUT2D eigenvalue weighted by atomic mass is 10.1. The molecule has 0 spiro atoms. The highest BCUT2D eigenvalue weighted by atomic mass is 16.6. The fraction of sp³-hybridized carbons (Fsp3) is 0.263. The quantitative estimate of drug-likeness (QED) is 0.933. The van der Waals surface area contributed by atoms with Crippen molar-refractivity contribution < 1.29 is 9.63 Å². The van der Waals surface area contributed by atoms with Crippen molar-refractivity contribution in [3.8, 4) is 0 Å². The summed E-state index contributed by atoms with van der Waals surface area (Å²) < 4.78 is 0. The van der Waals surface area contributed by atoms with E-state index in [2.05, 4.69) is 10.5 Å². The van der Waals surface area contributed by atoms with Gasteiger partial charge in [-0.1, -0.05) is 47.6 Å². The van der Waals surface area contributed by atoms with Crippen molar-refractivity contribution in [2.24, 2.45) is 5.16 Å². The Morgan fingerprint density at radius 3 is 2.79 bits per heavy atom. The molecule has 24 heavy (non-hydrogen) atoms. The molecule has 2 amide bonds. The molecule has 0 bridgehead atoms. The lowest BCUT2D eigenvalue weighted by Crippen LogP contribution is -2.37. The molecule has 0 fully saturated rings. The number of likely N-dealkylation sites (N-methyl/N-ethyl adjacent to an activating group) is 1. The molecule has 0 radical (unpaired) electrons. The van der Waals surface area contributed by atoms with E-state index in [4.69, 9.17) is 4.84 Å². The number of carbonyl (C=O) groups is 1. The summed E-state index contributed by atoms with van der Waals surface area (Å²) in [7, 11) is 1.76. The number of hydrogen-bond acceptors (Lipinski definition) is 3. The van der Waals surface area contributed by atoms with Crippen molar-refractivity contribution in [2.75, 3.05) is 18.9 Å². The summed E-state index contributed by atoms with van der Waals surface area (Å²) in [6, 6.07) is 17.5. The molecule has 1 aliphatic heterocycles. The summed E-state index contributed by atoms with van der Waals surface area (Å²) >= 11 is 0. The first-order chi connectivity index (χ1) is 11.6. The number of anilines is 1. The molecule has 1 atom stereocenters. The van der Waals surface area contributed by atoms with Gasteiger partial charge in [0.1, 0.15) is 0 Å². The molecule has 0 aliphatic carbocycles. The van der Waals surface area contributed by atoms with E-state index in [9.17, 15) is 4.79 Å². The Balaban J connectivity index is 1.52. The van der Waals surface area contributed by atoms with Crippen molar-refractivity contribution in [3.05, 3.63) is 65.7 Å². The highest BCUT2D eigenvalue weighted by molar-refractivity contribution is 6.01. The minimum absolute atomic E-state index is 0.117. The van der Waals surface area contributed by atoms with E-state index in [0.717, 1.165) is 22.5 Å². The Hall–Kier alpha value is -2.82. The Bertz CT molecular complexity index is 743. The van der Waals surface area contributed by atoms with Crippen LogP contribution in [0.2, 0.25) is 0 Å². The molecule has 5 nitrogen and oxygen atoms in total. The van der Waals surface area contributed by atoms with Gasteiger partial charge in [-0.15, -0.1) is 0 Å². The van der Waals surface area contributed by atoms with Crippen molar-refractivity contribution in [3.63, 3.8) is 0 Å². The first kappa shape index (κ1) is 16.1. The van der Waals surface area contributed by atoms with Crippen LogP contribution >= 0.6 is 0 Å². The minimum Gasteiger partial charge on any atom is -0.390 e. The summed E-state index contributed by atoms with van der Waals surface area (Å²) in [6.07, 6.45) is 0.583. The van der Waals surface area contributed by atoms with E-state index in [0.29, 0.717) is 13.0 Å². The van der Waals surface area contributed by atoms with Crippen LogP contribution in [0.3, 0.4) is 0 Å². The van der Waals surface area contributed by atoms with Crippen LogP contribution in [0.4, 0.5) is 10.5 Å². The number of aryl methyl sites for hydroxylation is 1. The molecule has 3 rings (SSSR count). The van der Waals surface area contributed by atoms with Gasteiger partial charge in [0.05, 0.1) is 12.3 Å². The molecule has 0 saturated heterocycles. The van der Waals surface area contributed by atoms with E-state index in [1.54, 1.807) is 11.9 Å². The SMILES string of the molecule is Cc1cccc(NC(=O)N(C)CC2CC(c3ccccc3)=NO2)c1. The van der Waals surface area contributed by atoms with Crippen LogP contribution in [0.25, 0.3) is 0 Å². The fourth-order valence-corrected chi connectivity index (χ4v) is 2.66. The van der Waals surface area contributed by atoms with Crippen molar-refractivity contribution in [1.82, 2.24) is 4.90 Å². The van der Waals surface area contributed by atoms with Gasteiger partial charge in [0.25, 0.3) is 0 Å². The average Bonchev–Trinajstić information content (AvgIpc) is 3.04. The normalized spacial score (nSPS) is 16.2. The van der Waals surface area contributed by atoms with Crippen LogP contribution in [0.15, 0.2) is 59.8 Å². The van der Waals surface area contributed by atoms with Crippen LogP contribution in [0.1, 0.15) is 17.5 Å². The van der Waals surface area contributed by atoms with Gasteiger partial charge in [-0.2, -0.15) is 0 Å². The molecule has 0 aromatic heterocycles. The standard InChI is InChI=1S/C19H21N3O2/c1-14-7-6-10-16(11-14)20-19(23)22(2)13-17-12-18(21-24-17)15-8-4-3-5-9-15/h3-11,17H,12-13H2,1-2H3,(H,20,23). The summed E-state index contributed by atoms with van der Waals surface area (Å²) in [5.41, 5.74) is 3.89. The zero-order valence-electron chi connectivity index (χ0n) is 13.9. The number of rotatable bonds is 4. The second-order valence-corrected chi connectivity index (χ2v) is 6.02. The molecule has 124 valence electrons. The smallest absolute Gasteiger partial charge is 0.321 e. The topological polar surface area (TPSA) is 53.9 Å². The Labute approximate surface area is 141 Å². The van der Waals surface area contributed by atoms with E-state index < -0.39 is 0 Å². The first-order valence-corrected chi connectivity index (χ1v) is 7.99. The number of amides is 2. The average molecular weight is 323 g/mol. The highest BCUT2D eigenvalue weighted by Crippen LogP contribution is 2.17. The minimum atomic E-state index is -0.155. The summed E-state index contributed by atoms with van der Waals surface area (Å²) in [5, 5.41) is 7.05. The largest absolute Gasteiger partial charge is 0.390 e. The molecular formula is C19H21N3O2. The number of carbonyl (C=O) groups excluding carboxylic acids is 1. The van der Waals surface area contributed by atoms with Crippen molar-refractivity contribution >= 4 is 17.4 Å². The van der Waals surface area contributed by atoms with E-state index in [-0.39, 0.29) is 12.1 Å². The highest BCUT2D eigenvalue weighted by Gasteiger charge is 2.25. The molecule has 5 heteroatoms. The molecule has 0 saturated carbocycles. The molecule has 1 aliphatic rings. The maximum Gasteiger partial charge on any atom is 0.321 e. The zero-order valence-corrected chi connectivity index (χ0v) is 13.9. The number of nitrogens with one attached hydrogen (secondary N) is 1. The van der Waals surface area contributed by atoms with Gasteiger partial charge in [0, 0.05) is 19.2 Å². The van der Waals surface area contributed by atoms with Gasteiger partial charge < -0.3 is 15.1 Å². The lowest BCUT2D eigenvalue weighted by Gasteiger charge is -2.20. The second-order valence-electron chi connectivity index (χ2n) is 6.02. The Morgan fingerprint density at radius 1 is 1.25 bits per heavy atom. The molecule has 2 aromatic carbocycles. The molecule has 1 N–H and O–H groups in total. The first-order valence-electron chi connectivity index (χ1n) is 7.99.